The van der Waals surface area contributed by atoms with E-state index in [1.165, 1.54) is 193 Å². The molecular formula is C67H120O6. The number of ether oxygens (including phenoxy) is 3. The molecule has 0 fully saturated rings. The lowest BCUT2D eigenvalue weighted by Gasteiger charge is -2.18. The highest BCUT2D eigenvalue weighted by Gasteiger charge is 2.19. The zero-order valence-corrected chi connectivity index (χ0v) is 48.7. The van der Waals surface area contributed by atoms with Crippen molar-refractivity contribution in [1.82, 2.24) is 0 Å². The van der Waals surface area contributed by atoms with E-state index in [-0.39, 0.29) is 31.1 Å². The third-order valence-electron chi connectivity index (χ3n) is 14.0. The van der Waals surface area contributed by atoms with E-state index in [2.05, 4.69) is 81.5 Å². The molecule has 0 aromatic rings. The van der Waals surface area contributed by atoms with E-state index in [4.69, 9.17) is 14.2 Å². The first kappa shape index (κ1) is 70.1. The minimum Gasteiger partial charge on any atom is -0.462 e. The molecule has 0 saturated carbocycles. The molecule has 0 N–H and O–H groups in total. The third-order valence-corrected chi connectivity index (χ3v) is 14.0. The lowest BCUT2D eigenvalue weighted by Crippen LogP contribution is -2.30. The standard InChI is InChI=1S/C67H120O6/c1-4-7-10-13-16-19-22-24-26-28-29-30-31-32-33-34-35-36-37-38-39-40-42-43-45-48-51-54-57-60-66(69)72-63-64(62-71-65(68)59-56-53-50-47-21-18-15-12-9-6-3)73-67(70)61-58-55-52-49-46-44-41-27-25-23-20-17-14-11-8-5-2/h7,10,12,15-16,19,24,26,29-30,64H,4-6,8-9,11,13-14,17-18,20-23,25,27-28,31-63H2,1-3H3/b10-7-,15-12-,19-16-,26-24-,30-29-. The molecule has 0 aliphatic heterocycles. The monoisotopic (exact) mass is 1020 g/mol. The topological polar surface area (TPSA) is 78.9 Å². The molecule has 1 atom stereocenters. The van der Waals surface area contributed by atoms with Crippen molar-refractivity contribution in [2.45, 2.75) is 335 Å². The van der Waals surface area contributed by atoms with Crippen molar-refractivity contribution in [3.05, 3.63) is 60.8 Å². The van der Waals surface area contributed by atoms with Crippen LogP contribution >= 0.6 is 0 Å². The number of allylic oxidation sites excluding steroid dienone is 10. The number of esters is 3. The molecule has 0 aliphatic rings. The first-order valence-corrected chi connectivity index (χ1v) is 31.8. The molecule has 6 heteroatoms. The first-order valence-electron chi connectivity index (χ1n) is 31.8. The van der Waals surface area contributed by atoms with Crippen molar-refractivity contribution in [3.8, 4) is 0 Å². The van der Waals surface area contributed by atoms with Crippen LogP contribution in [0.2, 0.25) is 0 Å². The van der Waals surface area contributed by atoms with Crippen LogP contribution in [0.15, 0.2) is 60.8 Å². The Morgan fingerprint density at radius 2 is 0.562 bits per heavy atom. The van der Waals surface area contributed by atoms with Crippen LogP contribution in [0.3, 0.4) is 0 Å². The second-order valence-electron chi connectivity index (χ2n) is 21.3. The van der Waals surface area contributed by atoms with Crippen molar-refractivity contribution >= 4 is 17.9 Å². The van der Waals surface area contributed by atoms with Gasteiger partial charge in [0.05, 0.1) is 0 Å². The summed E-state index contributed by atoms with van der Waals surface area (Å²) in [4.78, 5) is 38.2. The van der Waals surface area contributed by atoms with Gasteiger partial charge in [-0.2, -0.15) is 0 Å². The molecular weight excluding hydrogens is 901 g/mol. The Bertz CT molecular complexity index is 1310. The molecule has 0 heterocycles. The fourth-order valence-electron chi connectivity index (χ4n) is 9.26. The molecule has 0 aromatic heterocycles. The van der Waals surface area contributed by atoms with Crippen molar-refractivity contribution in [1.29, 1.82) is 0 Å². The van der Waals surface area contributed by atoms with E-state index in [9.17, 15) is 14.4 Å². The first-order chi connectivity index (χ1) is 36.0. The predicted molar refractivity (Wildman–Crippen MR) is 316 cm³/mol. The average Bonchev–Trinajstić information content (AvgIpc) is 3.39. The number of hydrogen-bond acceptors (Lipinski definition) is 6. The molecule has 0 spiro atoms. The molecule has 0 aromatic carbocycles. The van der Waals surface area contributed by atoms with Crippen molar-refractivity contribution in [2.75, 3.05) is 13.2 Å². The van der Waals surface area contributed by atoms with Crippen LogP contribution in [0.1, 0.15) is 329 Å². The van der Waals surface area contributed by atoms with Crippen LogP contribution < -0.4 is 0 Å². The van der Waals surface area contributed by atoms with Gasteiger partial charge in [-0.15, -0.1) is 0 Å². The van der Waals surface area contributed by atoms with E-state index in [0.717, 1.165) is 96.3 Å². The molecule has 6 nitrogen and oxygen atoms in total. The van der Waals surface area contributed by atoms with Crippen molar-refractivity contribution in [2.24, 2.45) is 0 Å². The number of hydrogen-bond donors (Lipinski definition) is 0. The summed E-state index contributed by atoms with van der Waals surface area (Å²) >= 11 is 0. The largest absolute Gasteiger partial charge is 0.462 e. The number of rotatable bonds is 58. The van der Waals surface area contributed by atoms with E-state index >= 15 is 0 Å². The summed E-state index contributed by atoms with van der Waals surface area (Å²) in [6.07, 6.45) is 78.2. The summed E-state index contributed by atoms with van der Waals surface area (Å²) in [6.45, 7) is 6.50. The molecule has 1 unspecified atom stereocenters. The summed E-state index contributed by atoms with van der Waals surface area (Å²) in [6, 6.07) is 0. The smallest absolute Gasteiger partial charge is 0.306 e. The average molecular weight is 1020 g/mol. The van der Waals surface area contributed by atoms with Gasteiger partial charge in [0.25, 0.3) is 0 Å². The zero-order valence-electron chi connectivity index (χ0n) is 48.7. The SMILES string of the molecule is CC/C=C\C/C=C\C/C=C\C/C=C\CCCCCCCCCCCCCCCCCCC(=O)OCC(COC(=O)CCCCCCC/C=C\CCC)OC(=O)CCCCCCCCCCCCCCCCCC. The second kappa shape index (κ2) is 61.7. The highest BCUT2D eigenvalue weighted by molar-refractivity contribution is 5.71. The van der Waals surface area contributed by atoms with E-state index in [1.54, 1.807) is 0 Å². The maximum atomic E-state index is 12.9. The van der Waals surface area contributed by atoms with Gasteiger partial charge in [0, 0.05) is 19.3 Å². The van der Waals surface area contributed by atoms with Gasteiger partial charge < -0.3 is 14.2 Å². The lowest BCUT2D eigenvalue weighted by molar-refractivity contribution is -0.167. The van der Waals surface area contributed by atoms with Gasteiger partial charge >= 0.3 is 17.9 Å². The lowest BCUT2D eigenvalue weighted by atomic mass is 10.0. The van der Waals surface area contributed by atoms with Crippen LogP contribution in [0.5, 0.6) is 0 Å². The molecule has 0 radical (unpaired) electrons. The van der Waals surface area contributed by atoms with Gasteiger partial charge in [0.15, 0.2) is 6.10 Å². The van der Waals surface area contributed by atoms with E-state index < -0.39 is 6.10 Å². The molecule has 73 heavy (non-hydrogen) atoms. The minimum atomic E-state index is -0.773. The fourth-order valence-corrected chi connectivity index (χ4v) is 9.26. The Morgan fingerprint density at radius 3 is 0.904 bits per heavy atom. The zero-order chi connectivity index (χ0) is 52.9. The summed E-state index contributed by atoms with van der Waals surface area (Å²) in [7, 11) is 0. The summed E-state index contributed by atoms with van der Waals surface area (Å²) < 4.78 is 16.9. The van der Waals surface area contributed by atoms with Crippen LogP contribution in [0.4, 0.5) is 0 Å². The van der Waals surface area contributed by atoms with Crippen LogP contribution in [0.25, 0.3) is 0 Å². The van der Waals surface area contributed by atoms with E-state index in [0.29, 0.717) is 19.3 Å². The molecule has 424 valence electrons. The summed E-state index contributed by atoms with van der Waals surface area (Å²) in [5, 5.41) is 0. The highest BCUT2D eigenvalue weighted by Crippen LogP contribution is 2.17. The Kier molecular flexibility index (Phi) is 59.2. The predicted octanol–water partition coefficient (Wildman–Crippen LogP) is 21.6. The van der Waals surface area contributed by atoms with Crippen LogP contribution in [-0.2, 0) is 28.6 Å². The summed E-state index contributed by atoms with van der Waals surface area (Å²) in [5.74, 6) is -0.865. The van der Waals surface area contributed by atoms with Crippen LogP contribution in [-0.4, -0.2) is 37.2 Å². The van der Waals surface area contributed by atoms with Crippen molar-refractivity contribution < 1.29 is 28.6 Å². The fraction of sp³-hybridized carbons (Fsp3) is 0.806. The van der Waals surface area contributed by atoms with Gasteiger partial charge in [-0.1, -0.05) is 293 Å². The van der Waals surface area contributed by atoms with E-state index in [1.807, 2.05) is 0 Å². The minimum absolute atomic E-state index is 0.0721. The van der Waals surface area contributed by atoms with Crippen molar-refractivity contribution in [3.63, 3.8) is 0 Å². The maximum Gasteiger partial charge on any atom is 0.306 e. The molecule has 0 aliphatic carbocycles. The van der Waals surface area contributed by atoms with Gasteiger partial charge in [-0.05, 0) is 77.0 Å². The second-order valence-corrected chi connectivity index (χ2v) is 21.3. The maximum absolute atomic E-state index is 12.9. The Hall–Kier alpha value is -2.89. The molecule has 0 amide bonds. The number of unbranched alkanes of at least 4 members (excludes halogenated alkanes) is 37. The Labute approximate surface area is 453 Å². The molecule has 0 saturated heterocycles. The molecule has 0 rings (SSSR count). The van der Waals surface area contributed by atoms with Gasteiger partial charge in [0.1, 0.15) is 13.2 Å². The third kappa shape index (κ3) is 59.9. The summed E-state index contributed by atoms with van der Waals surface area (Å²) in [5.41, 5.74) is 0. The highest BCUT2D eigenvalue weighted by atomic mass is 16.6. The number of carbonyl (C=O) groups excluding carboxylic acids is 3. The van der Waals surface area contributed by atoms with Gasteiger partial charge in [0.2, 0.25) is 0 Å². The van der Waals surface area contributed by atoms with Crippen LogP contribution in [0, 0.1) is 0 Å². The quantitative estimate of drug-likeness (QED) is 0.0261. The molecule has 0 bridgehead atoms. The Balaban J connectivity index is 4.13. The Morgan fingerprint density at radius 1 is 0.288 bits per heavy atom. The normalized spacial score (nSPS) is 12.4. The number of carbonyl (C=O) groups is 3. The van der Waals surface area contributed by atoms with Gasteiger partial charge in [-0.3, -0.25) is 14.4 Å². The van der Waals surface area contributed by atoms with Gasteiger partial charge in [-0.25, -0.2) is 0 Å².